The van der Waals surface area contributed by atoms with Gasteiger partial charge in [0.1, 0.15) is 0 Å². The van der Waals surface area contributed by atoms with Crippen LogP contribution in [0.2, 0.25) is 0 Å². The predicted molar refractivity (Wildman–Crippen MR) is 33.9 cm³/mol. The molecule has 0 aliphatic heterocycles. The van der Waals surface area contributed by atoms with E-state index in [4.69, 9.17) is 0 Å². The van der Waals surface area contributed by atoms with Gasteiger partial charge in [0, 0.05) is 12.5 Å². The van der Waals surface area contributed by atoms with Crippen LogP contribution in [0, 0.1) is 0 Å². The number of hydrogen-bond donors (Lipinski definition) is 0. The number of rotatable bonds is 0. The molecular formula is C8H6O. The first-order valence-corrected chi connectivity index (χ1v) is 2.83. The number of allylic oxidation sites excluding steroid dienone is 2. The SMILES string of the molecule is O=C1C=C=C=C=CCC1. The van der Waals surface area contributed by atoms with Crippen molar-refractivity contribution in [3.63, 3.8) is 0 Å². The Morgan fingerprint density at radius 1 is 1.44 bits per heavy atom. The molecule has 0 fully saturated rings. The molecule has 0 radical (unpaired) electrons. The summed E-state index contributed by atoms with van der Waals surface area (Å²) in [6.45, 7) is 0. The minimum Gasteiger partial charge on any atom is -0.294 e. The van der Waals surface area contributed by atoms with E-state index >= 15 is 0 Å². The minimum atomic E-state index is 0.111. The van der Waals surface area contributed by atoms with Crippen LogP contribution in [0.4, 0.5) is 0 Å². The van der Waals surface area contributed by atoms with E-state index in [0.29, 0.717) is 6.42 Å². The maximum absolute atomic E-state index is 10.6. The second-order valence-corrected chi connectivity index (χ2v) is 1.77. The van der Waals surface area contributed by atoms with Gasteiger partial charge in [-0.3, -0.25) is 4.79 Å². The van der Waals surface area contributed by atoms with Crippen LogP contribution in [0.5, 0.6) is 0 Å². The van der Waals surface area contributed by atoms with Gasteiger partial charge in [-0.05, 0) is 18.2 Å². The fourth-order valence-corrected chi connectivity index (χ4v) is 0.568. The molecule has 0 heterocycles. The summed E-state index contributed by atoms with van der Waals surface area (Å²) in [5.74, 6) is 0.111. The van der Waals surface area contributed by atoms with E-state index in [1.165, 1.54) is 6.08 Å². The molecule has 0 saturated carbocycles. The van der Waals surface area contributed by atoms with Crippen LogP contribution in [0.15, 0.2) is 29.3 Å². The topological polar surface area (TPSA) is 17.1 Å². The summed E-state index contributed by atoms with van der Waals surface area (Å²) in [4.78, 5) is 10.6. The Morgan fingerprint density at radius 3 is 3.22 bits per heavy atom. The number of carbonyl (C=O) groups is 1. The van der Waals surface area contributed by atoms with Crippen molar-refractivity contribution in [3.8, 4) is 0 Å². The maximum atomic E-state index is 10.6. The highest BCUT2D eigenvalue weighted by Crippen LogP contribution is 1.93. The Labute approximate surface area is 53.7 Å². The molecule has 1 aliphatic rings. The van der Waals surface area contributed by atoms with Gasteiger partial charge in [0.05, 0.1) is 0 Å². The van der Waals surface area contributed by atoms with E-state index in [0.717, 1.165) is 6.42 Å². The predicted octanol–water partition coefficient (Wildman–Crippen LogP) is 1.37. The van der Waals surface area contributed by atoms with Gasteiger partial charge in [-0.15, -0.1) is 0 Å². The highest BCUT2D eigenvalue weighted by Gasteiger charge is 1.92. The van der Waals surface area contributed by atoms with E-state index in [2.05, 4.69) is 17.2 Å². The van der Waals surface area contributed by atoms with E-state index in [1.54, 1.807) is 6.08 Å². The molecule has 1 aliphatic carbocycles. The van der Waals surface area contributed by atoms with Crippen molar-refractivity contribution in [2.45, 2.75) is 12.8 Å². The molecule has 0 unspecified atom stereocenters. The van der Waals surface area contributed by atoms with Crippen molar-refractivity contribution < 1.29 is 4.79 Å². The first kappa shape index (κ1) is 5.88. The zero-order valence-corrected chi connectivity index (χ0v) is 4.98. The van der Waals surface area contributed by atoms with Crippen LogP contribution in [-0.2, 0) is 4.79 Å². The summed E-state index contributed by atoms with van der Waals surface area (Å²) in [6, 6.07) is 0. The summed E-state index contributed by atoms with van der Waals surface area (Å²) in [7, 11) is 0. The second kappa shape index (κ2) is 2.91. The van der Waals surface area contributed by atoms with Crippen molar-refractivity contribution in [1.29, 1.82) is 0 Å². The molecule has 0 aromatic carbocycles. The number of carbonyl (C=O) groups excluding carboxylic acids is 1. The van der Waals surface area contributed by atoms with Gasteiger partial charge in [0.25, 0.3) is 0 Å². The summed E-state index contributed by atoms with van der Waals surface area (Å²) in [5, 5.41) is 0. The van der Waals surface area contributed by atoms with Crippen LogP contribution in [0.25, 0.3) is 0 Å². The average molecular weight is 118 g/mol. The summed E-state index contributed by atoms with van der Waals surface area (Å²) < 4.78 is 0. The van der Waals surface area contributed by atoms with E-state index in [-0.39, 0.29) is 5.78 Å². The third kappa shape index (κ3) is 1.99. The molecule has 0 aromatic heterocycles. The molecular weight excluding hydrogens is 112 g/mol. The molecule has 44 valence electrons. The van der Waals surface area contributed by atoms with E-state index < -0.39 is 0 Å². The zero-order chi connectivity index (χ0) is 6.53. The van der Waals surface area contributed by atoms with E-state index in [9.17, 15) is 4.79 Å². The minimum absolute atomic E-state index is 0.111. The lowest BCUT2D eigenvalue weighted by atomic mass is 10.2. The van der Waals surface area contributed by atoms with Crippen LogP contribution >= 0.6 is 0 Å². The molecule has 0 bridgehead atoms. The third-order valence-electron chi connectivity index (χ3n) is 1.01. The van der Waals surface area contributed by atoms with Crippen LogP contribution in [0.3, 0.4) is 0 Å². The molecule has 1 nitrogen and oxygen atoms in total. The Kier molecular flexibility index (Phi) is 1.90. The lowest BCUT2D eigenvalue weighted by molar-refractivity contribution is -0.114. The molecule has 1 rings (SSSR count). The van der Waals surface area contributed by atoms with Gasteiger partial charge in [0.15, 0.2) is 5.78 Å². The molecule has 0 atom stereocenters. The Hall–Kier alpha value is -1.25. The van der Waals surface area contributed by atoms with Crippen molar-refractivity contribution in [1.82, 2.24) is 0 Å². The first-order valence-electron chi connectivity index (χ1n) is 2.83. The van der Waals surface area contributed by atoms with Gasteiger partial charge < -0.3 is 0 Å². The first-order chi connectivity index (χ1) is 4.39. The number of ketones is 1. The van der Waals surface area contributed by atoms with Crippen LogP contribution < -0.4 is 0 Å². The Morgan fingerprint density at radius 2 is 2.33 bits per heavy atom. The van der Waals surface area contributed by atoms with Gasteiger partial charge in [-0.2, -0.15) is 0 Å². The van der Waals surface area contributed by atoms with Crippen molar-refractivity contribution in [2.24, 2.45) is 0 Å². The van der Waals surface area contributed by atoms with Crippen molar-refractivity contribution in [3.05, 3.63) is 29.3 Å². The van der Waals surface area contributed by atoms with E-state index in [1.807, 2.05) is 0 Å². The normalized spacial score (nSPS) is 15.8. The number of hydrogen-bond acceptors (Lipinski definition) is 1. The Bertz CT molecular complexity index is 242. The monoisotopic (exact) mass is 118 g/mol. The van der Waals surface area contributed by atoms with Gasteiger partial charge in [-0.25, -0.2) is 0 Å². The average Bonchev–Trinajstić information content (AvgIpc) is 1.79. The fraction of sp³-hybridized carbons (Fsp3) is 0.250. The standard InChI is InChI=1S/C8H6O/c9-8-6-4-2-1-3-5-7-8/h2,7H,4,6H2. The van der Waals surface area contributed by atoms with Gasteiger partial charge >= 0.3 is 0 Å². The fourth-order valence-electron chi connectivity index (χ4n) is 0.568. The largest absolute Gasteiger partial charge is 0.294 e. The molecule has 0 saturated heterocycles. The van der Waals surface area contributed by atoms with Crippen LogP contribution in [-0.4, -0.2) is 5.78 Å². The highest BCUT2D eigenvalue weighted by molar-refractivity contribution is 5.89. The van der Waals surface area contributed by atoms with Gasteiger partial charge in [-0.1, -0.05) is 11.5 Å². The zero-order valence-electron chi connectivity index (χ0n) is 4.98. The Balaban J connectivity index is 2.96. The molecule has 1 heteroatoms. The lowest BCUT2D eigenvalue weighted by Gasteiger charge is -1.85. The third-order valence-corrected chi connectivity index (χ3v) is 1.01. The smallest absolute Gasteiger partial charge is 0.164 e. The maximum Gasteiger partial charge on any atom is 0.164 e. The molecule has 9 heavy (non-hydrogen) atoms. The summed E-state index contributed by atoms with van der Waals surface area (Å²) >= 11 is 0. The van der Waals surface area contributed by atoms with Crippen molar-refractivity contribution in [2.75, 3.05) is 0 Å². The molecule has 0 N–H and O–H groups in total. The molecule has 0 spiro atoms. The summed E-state index contributed by atoms with van der Waals surface area (Å²) in [5.41, 5.74) is 7.89. The quantitative estimate of drug-likeness (QED) is 0.439. The highest BCUT2D eigenvalue weighted by atomic mass is 16.1. The molecule has 0 aromatic rings. The molecule has 0 amide bonds. The van der Waals surface area contributed by atoms with Crippen molar-refractivity contribution >= 4 is 5.78 Å². The van der Waals surface area contributed by atoms with Crippen LogP contribution in [0.1, 0.15) is 12.8 Å². The second-order valence-electron chi connectivity index (χ2n) is 1.77. The van der Waals surface area contributed by atoms with Gasteiger partial charge in [0.2, 0.25) is 0 Å². The lowest BCUT2D eigenvalue weighted by Crippen LogP contribution is -1.89. The summed E-state index contributed by atoms with van der Waals surface area (Å²) in [6.07, 6.45) is 4.53.